The lowest BCUT2D eigenvalue weighted by Crippen LogP contribution is -2.31. The van der Waals surface area contributed by atoms with Gasteiger partial charge in [-0.1, -0.05) is 12.1 Å². The molecule has 3 rings (SSSR count). The molecule has 2 aromatic rings. The number of carbonyl (C=O) groups excluding carboxylic acids is 1. The fourth-order valence-corrected chi connectivity index (χ4v) is 2.79. The standard InChI is InChI=1S/C16H18N2O3/c1-5-20-15(19)14-12-13(17-18(14)4)10-8-6-7-9-11(10)21-16(12,2)3/h6-9H,5H2,1-4H3. The Morgan fingerprint density at radius 3 is 2.81 bits per heavy atom. The molecule has 0 unspecified atom stereocenters. The Bertz CT molecular complexity index is 716. The first kappa shape index (κ1) is 13.7. The molecule has 0 aliphatic carbocycles. The summed E-state index contributed by atoms with van der Waals surface area (Å²) in [4.78, 5) is 12.3. The van der Waals surface area contributed by atoms with Crippen LogP contribution in [0.3, 0.4) is 0 Å². The van der Waals surface area contributed by atoms with Crippen molar-refractivity contribution in [2.75, 3.05) is 6.61 Å². The van der Waals surface area contributed by atoms with E-state index in [1.807, 2.05) is 38.1 Å². The Balaban J connectivity index is 2.27. The Morgan fingerprint density at radius 1 is 1.38 bits per heavy atom. The van der Waals surface area contributed by atoms with E-state index in [2.05, 4.69) is 5.10 Å². The highest BCUT2D eigenvalue weighted by Crippen LogP contribution is 2.45. The predicted octanol–water partition coefficient (Wildman–Crippen LogP) is 2.89. The molecule has 1 aromatic heterocycles. The maximum absolute atomic E-state index is 12.3. The molecule has 1 aliphatic heterocycles. The van der Waals surface area contributed by atoms with Gasteiger partial charge in [0.1, 0.15) is 17.0 Å². The van der Waals surface area contributed by atoms with Gasteiger partial charge in [0.2, 0.25) is 0 Å². The molecule has 2 heterocycles. The van der Waals surface area contributed by atoms with Crippen molar-refractivity contribution in [2.24, 2.45) is 7.05 Å². The van der Waals surface area contributed by atoms with Crippen LogP contribution in [-0.2, 0) is 17.4 Å². The second kappa shape index (κ2) is 4.62. The number of fused-ring (bicyclic) bond motifs is 3. The van der Waals surface area contributed by atoms with Crippen LogP contribution in [0, 0.1) is 0 Å². The van der Waals surface area contributed by atoms with Gasteiger partial charge >= 0.3 is 5.97 Å². The van der Waals surface area contributed by atoms with Gasteiger partial charge in [0, 0.05) is 12.6 Å². The summed E-state index contributed by atoms with van der Waals surface area (Å²) >= 11 is 0. The molecule has 0 bridgehead atoms. The van der Waals surface area contributed by atoms with Gasteiger partial charge in [-0.2, -0.15) is 5.10 Å². The lowest BCUT2D eigenvalue weighted by atomic mass is 9.89. The highest BCUT2D eigenvalue weighted by molar-refractivity contribution is 5.93. The molecule has 0 spiro atoms. The average molecular weight is 286 g/mol. The molecule has 0 atom stereocenters. The van der Waals surface area contributed by atoms with Crippen LogP contribution in [0.2, 0.25) is 0 Å². The predicted molar refractivity (Wildman–Crippen MR) is 78.3 cm³/mol. The summed E-state index contributed by atoms with van der Waals surface area (Å²) in [5.41, 5.74) is 2.28. The number of benzene rings is 1. The summed E-state index contributed by atoms with van der Waals surface area (Å²) in [6.07, 6.45) is 0. The number of para-hydroxylation sites is 1. The minimum absolute atomic E-state index is 0.330. The second-order valence-corrected chi connectivity index (χ2v) is 5.52. The first-order valence-electron chi connectivity index (χ1n) is 6.98. The van der Waals surface area contributed by atoms with Crippen molar-refractivity contribution < 1.29 is 14.3 Å². The minimum Gasteiger partial charge on any atom is -0.482 e. The van der Waals surface area contributed by atoms with Crippen LogP contribution in [0.15, 0.2) is 24.3 Å². The summed E-state index contributed by atoms with van der Waals surface area (Å²) < 4.78 is 12.8. The summed E-state index contributed by atoms with van der Waals surface area (Å²) in [7, 11) is 1.75. The summed E-state index contributed by atoms with van der Waals surface area (Å²) in [5.74, 6) is 0.410. The quantitative estimate of drug-likeness (QED) is 0.797. The smallest absolute Gasteiger partial charge is 0.357 e. The number of aryl methyl sites for hydroxylation is 1. The van der Waals surface area contributed by atoms with Gasteiger partial charge in [0.25, 0.3) is 0 Å². The topological polar surface area (TPSA) is 53.3 Å². The van der Waals surface area contributed by atoms with Crippen molar-refractivity contribution in [3.8, 4) is 17.0 Å². The first-order valence-corrected chi connectivity index (χ1v) is 6.98. The Hall–Kier alpha value is -2.30. The fraction of sp³-hybridized carbons (Fsp3) is 0.375. The Morgan fingerprint density at radius 2 is 2.10 bits per heavy atom. The highest BCUT2D eigenvalue weighted by atomic mass is 16.5. The fourth-order valence-electron chi connectivity index (χ4n) is 2.79. The van der Waals surface area contributed by atoms with Gasteiger partial charge in [-0.05, 0) is 32.9 Å². The third-order valence-electron chi connectivity index (χ3n) is 3.63. The third-order valence-corrected chi connectivity index (χ3v) is 3.63. The minimum atomic E-state index is -0.639. The van der Waals surface area contributed by atoms with Crippen LogP contribution in [0.1, 0.15) is 36.8 Å². The van der Waals surface area contributed by atoms with Crippen LogP contribution in [0.4, 0.5) is 0 Å². The van der Waals surface area contributed by atoms with Gasteiger partial charge < -0.3 is 9.47 Å². The average Bonchev–Trinajstić information content (AvgIpc) is 2.77. The molecule has 21 heavy (non-hydrogen) atoms. The number of hydrogen-bond acceptors (Lipinski definition) is 4. The summed E-state index contributed by atoms with van der Waals surface area (Å²) in [6.45, 7) is 5.99. The first-order chi connectivity index (χ1) is 9.95. The lowest BCUT2D eigenvalue weighted by Gasteiger charge is -2.32. The number of hydrogen-bond donors (Lipinski definition) is 0. The molecular formula is C16H18N2O3. The van der Waals surface area contributed by atoms with Crippen LogP contribution in [0.25, 0.3) is 11.3 Å². The molecule has 0 amide bonds. The van der Waals surface area contributed by atoms with Crippen molar-refractivity contribution in [1.29, 1.82) is 0 Å². The zero-order valence-electron chi connectivity index (χ0n) is 12.6. The van der Waals surface area contributed by atoms with Crippen molar-refractivity contribution in [3.05, 3.63) is 35.5 Å². The van der Waals surface area contributed by atoms with Crippen molar-refractivity contribution >= 4 is 5.97 Å². The summed E-state index contributed by atoms with van der Waals surface area (Å²) in [5, 5.41) is 4.53. The third kappa shape index (κ3) is 2.00. The van der Waals surface area contributed by atoms with Gasteiger partial charge in [0.05, 0.1) is 12.2 Å². The lowest BCUT2D eigenvalue weighted by molar-refractivity contribution is 0.0494. The van der Waals surface area contributed by atoms with E-state index in [4.69, 9.17) is 9.47 Å². The number of ether oxygens (including phenoxy) is 2. The molecule has 0 N–H and O–H groups in total. The maximum atomic E-state index is 12.3. The number of esters is 1. The monoisotopic (exact) mass is 286 g/mol. The van der Waals surface area contributed by atoms with Crippen LogP contribution >= 0.6 is 0 Å². The molecule has 0 saturated heterocycles. The molecule has 0 radical (unpaired) electrons. The van der Waals surface area contributed by atoms with E-state index in [1.54, 1.807) is 18.7 Å². The normalized spacial score (nSPS) is 14.9. The summed E-state index contributed by atoms with van der Waals surface area (Å²) in [6, 6.07) is 7.72. The molecule has 0 saturated carbocycles. The van der Waals surface area contributed by atoms with E-state index in [0.717, 1.165) is 22.6 Å². The van der Waals surface area contributed by atoms with Crippen molar-refractivity contribution in [3.63, 3.8) is 0 Å². The Labute approximate surface area is 123 Å². The van der Waals surface area contributed by atoms with E-state index in [1.165, 1.54) is 0 Å². The SMILES string of the molecule is CCOC(=O)c1c2c(nn1C)-c1ccccc1OC2(C)C. The highest BCUT2D eigenvalue weighted by Gasteiger charge is 2.40. The van der Waals surface area contributed by atoms with Crippen molar-refractivity contribution in [2.45, 2.75) is 26.4 Å². The molecular weight excluding hydrogens is 268 g/mol. The second-order valence-electron chi connectivity index (χ2n) is 5.52. The van der Waals surface area contributed by atoms with Gasteiger partial charge in [-0.3, -0.25) is 4.68 Å². The van der Waals surface area contributed by atoms with E-state index in [-0.39, 0.29) is 5.97 Å². The zero-order chi connectivity index (χ0) is 15.2. The van der Waals surface area contributed by atoms with Gasteiger partial charge in [-0.15, -0.1) is 0 Å². The largest absolute Gasteiger partial charge is 0.482 e. The van der Waals surface area contributed by atoms with Gasteiger partial charge in [-0.25, -0.2) is 4.79 Å². The molecule has 5 heteroatoms. The molecule has 110 valence electrons. The molecule has 5 nitrogen and oxygen atoms in total. The molecule has 1 aromatic carbocycles. The van der Waals surface area contributed by atoms with Crippen LogP contribution < -0.4 is 4.74 Å². The number of aromatic nitrogens is 2. The molecule has 1 aliphatic rings. The van der Waals surface area contributed by atoms with E-state index in [9.17, 15) is 4.79 Å². The maximum Gasteiger partial charge on any atom is 0.357 e. The van der Waals surface area contributed by atoms with E-state index in [0.29, 0.717) is 12.3 Å². The number of rotatable bonds is 2. The van der Waals surface area contributed by atoms with Crippen LogP contribution in [0.5, 0.6) is 5.75 Å². The van der Waals surface area contributed by atoms with E-state index >= 15 is 0 Å². The molecule has 0 fully saturated rings. The number of nitrogens with zero attached hydrogens (tertiary/aromatic N) is 2. The Kier molecular flexibility index (Phi) is 3.01. The van der Waals surface area contributed by atoms with Crippen molar-refractivity contribution in [1.82, 2.24) is 9.78 Å². The van der Waals surface area contributed by atoms with E-state index < -0.39 is 5.60 Å². The zero-order valence-corrected chi connectivity index (χ0v) is 12.6. The number of carbonyl (C=O) groups is 1. The van der Waals surface area contributed by atoms with Gasteiger partial charge in [0.15, 0.2) is 5.69 Å². The van der Waals surface area contributed by atoms with Crippen LogP contribution in [-0.4, -0.2) is 22.4 Å².